The molecule has 0 atom stereocenters. The third-order valence-electron chi connectivity index (χ3n) is 5.38. The van der Waals surface area contributed by atoms with Gasteiger partial charge < -0.3 is 10.2 Å². The van der Waals surface area contributed by atoms with Crippen molar-refractivity contribution in [3.05, 3.63) is 95.6 Å². The molecular formula is C25H28N2. The molecule has 5 rings (SSSR count). The summed E-state index contributed by atoms with van der Waals surface area (Å²) in [4.78, 5) is 2.49. The van der Waals surface area contributed by atoms with Crippen molar-refractivity contribution in [2.75, 3.05) is 23.3 Å². The molecule has 1 N–H and O–H groups in total. The van der Waals surface area contributed by atoms with Gasteiger partial charge in [0.25, 0.3) is 0 Å². The largest absolute Gasteiger partial charge is 0.385 e. The number of rotatable bonds is 2. The summed E-state index contributed by atoms with van der Waals surface area (Å²) >= 11 is 0. The minimum atomic E-state index is 1.03. The predicted octanol–water partition coefficient (Wildman–Crippen LogP) is 5.68. The molecule has 2 nitrogen and oxygen atoms in total. The van der Waals surface area contributed by atoms with E-state index >= 15 is 0 Å². The van der Waals surface area contributed by atoms with Crippen LogP contribution in [-0.2, 0) is 19.4 Å². The SMILES string of the molecule is c1ccc(CN2CCCc3ccccc32)cc1.c1ccc2c(c1)CCCN2. The van der Waals surface area contributed by atoms with E-state index in [0.717, 1.165) is 13.1 Å². The molecule has 0 saturated carbocycles. The summed E-state index contributed by atoms with van der Waals surface area (Å²) in [6.45, 7) is 3.33. The standard InChI is InChI=1S/C16H17N.C9H11N/c1-2-7-14(8-3-1)13-17-12-6-10-15-9-4-5-11-16(15)17;1-2-6-9-8(4-1)5-3-7-10-9/h1-5,7-9,11H,6,10,12-13H2;1-2,4,6,10H,3,5,7H2. The monoisotopic (exact) mass is 356 g/mol. The van der Waals surface area contributed by atoms with Crippen molar-refractivity contribution in [1.82, 2.24) is 0 Å². The third kappa shape index (κ3) is 4.51. The summed E-state index contributed by atoms with van der Waals surface area (Å²) < 4.78 is 0. The first kappa shape index (κ1) is 17.7. The van der Waals surface area contributed by atoms with E-state index in [-0.39, 0.29) is 0 Å². The molecule has 2 aliphatic heterocycles. The van der Waals surface area contributed by atoms with E-state index in [9.17, 15) is 0 Å². The van der Waals surface area contributed by atoms with Crippen LogP contribution in [0.3, 0.4) is 0 Å². The van der Waals surface area contributed by atoms with Gasteiger partial charge in [0, 0.05) is 31.0 Å². The van der Waals surface area contributed by atoms with Crippen LogP contribution in [0.2, 0.25) is 0 Å². The van der Waals surface area contributed by atoms with Crippen LogP contribution < -0.4 is 10.2 Å². The van der Waals surface area contributed by atoms with Crippen LogP contribution >= 0.6 is 0 Å². The van der Waals surface area contributed by atoms with Gasteiger partial charge in [0.1, 0.15) is 0 Å². The van der Waals surface area contributed by atoms with E-state index in [1.54, 1.807) is 0 Å². The number of hydrogen-bond acceptors (Lipinski definition) is 2. The van der Waals surface area contributed by atoms with E-state index in [4.69, 9.17) is 0 Å². The molecule has 0 aliphatic carbocycles. The molecule has 0 amide bonds. The van der Waals surface area contributed by atoms with Gasteiger partial charge in [0.15, 0.2) is 0 Å². The lowest BCUT2D eigenvalue weighted by atomic mass is 10.0. The Kier molecular flexibility index (Phi) is 5.73. The van der Waals surface area contributed by atoms with Gasteiger partial charge >= 0.3 is 0 Å². The highest BCUT2D eigenvalue weighted by atomic mass is 15.1. The lowest BCUT2D eigenvalue weighted by Gasteiger charge is -2.31. The highest BCUT2D eigenvalue weighted by molar-refractivity contribution is 5.55. The lowest BCUT2D eigenvalue weighted by molar-refractivity contribution is 0.691. The molecule has 0 aromatic heterocycles. The zero-order chi connectivity index (χ0) is 18.3. The van der Waals surface area contributed by atoms with Crippen LogP contribution in [0.5, 0.6) is 0 Å². The maximum Gasteiger partial charge on any atom is 0.0429 e. The van der Waals surface area contributed by atoms with Crippen molar-refractivity contribution in [1.29, 1.82) is 0 Å². The van der Waals surface area contributed by atoms with Crippen molar-refractivity contribution in [2.45, 2.75) is 32.2 Å². The molecule has 0 unspecified atom stereocenters. The average Bonchev–Trinajstić information content (AvgIpc) is 2.75. The fourth-order valence-electron chi connectivity index (χ4n) is 3.99. The lowest BCUT2D eigenvalue weighted by Crippen LogP contribution is -2.28. The Hall–Kier alpha value is -2.74. The van der Waals surface area contributed by atoms with Gasteiger partial charge in [0.05, 0.1) is 0 Å². The normalized spacial score (nSPS) is 14.9. The maximum absolute atomic E-state index is 3.36. The summed E-state index contributed by atoms with van der Waals surface area (Å²) in [5.41, 5.74) is 7.10. The predicted molar refractivity (Wildman–Crippen MR) is 116 cm³/mol. The van der Waals surface area contributed by atoms with Gasteiger partial charge in [-0.2, -0.15) is 0 Å². The fourth-order valence-corrected chi connectivity index (χ4v) is 3.99. The molecule has 2 heterocycles. The Morgan fingerprint density at radius 1 is 0.704 bits per heavy atom. The van der Waals surface area contributed by atoms with Crippen LogP contribution in [-0.4, -0.2) is 13.1 Å². The molecule has 0 radical (unpaired) electrons. The number of fused-ring (bicyclic) bond motifs is 2. The summed E-state index contributed by atoms with van der Waals surface area (Å²) in [7, 11) is 0. The molecule has 138 valence electrons. The Morgan fingerprint density at radius 2 is 1.41 bits per heavy atom. The van der Waals surface area contributed by atoms with Crippen LogP contribution in [0, 0.1) is 0 Å². The summed E-state index contributed by atoms with van der Waals surface area (Å²) in [5, 5.41) is 3.36. The van der Waals surface area contributed by atoms with Crippen molar-refractivity contribution < 1.29 is 0 Å². The summed E-state index contributed by atoms with van der Waals surface area (Å²) in [5.74, 6) is 0. The van der Waals surface area contributed by atoms with Gasteiger partial charge in [-0.15, -0.1) is 0 Å². The van der Waals surface area contributed by atoms with Crippen molar-refractivity contribution in [3.8, 4) is 0 Å². The zero-order valence-electron chi connectivity index (χ0n) is 15.9. The number of aryl methyl sites for hydroxylation is 2. The second-order valence-corrected chi connectivity index (χ2v) is 7.33. The van der Waals surface area contributed by atoms with E-state index in [1.807, 2.05) is 0 Å². The number of nitrogens with zero attached hydrogens (tertiary/aromatic N) is 1. The molecule has 0 bridgehead atoms. The first-order valence-electron chi connectivity index (χ1n) is 10.1. The van der Waals surface area contributed by atoms with Crippen LogP contribution in [0.15, 0.2) is 78.9 Å². The van der Waals surface area contributed by atoms with E-state index in [1.165, 1.54) is 60.3 Å². The van der Waals surface area contributed by atoms with Crippen LogP contribution in [0.1, 0.15) is 29.5 Å². The molecule has 0 spiro atoms. The quantitative estimate of drug-likeness (QED) is 0.635. The van der Waals surface area contributed by atoms with E-state index in [2.05, 4.69) is 89.1 Å². The molecular weight excluding hydrogens is 328 g/mol. The van der Waals surface area contributed by atoms with Crippen LogP contribution in [0.4, 0.5) is 11.4 Å². The topological polar surface area (TPSA) is 15.3 Å². The Morgan fingerprint density at radius 3 is 2.26 bits per heavy atom. The minimum absolute atomic E-state index is 1.03. The third-order valence-corrected chi connectivity index (χ3v) is 5.38. The Bertz CT molecular complexity index is 832. The smallest absolute Gasteiger partial charge is 0.0429 e. The second-order valence-electron chi connectivity index (χ2n) is 7.33. The van der Waals surface area contributed by atoms with Gasteiger partial charge in [-0.05, 0) is 54.5 Å². The van der Waals surface area contributed by atoms with Crippen molar-refractivity contribution in [2.24, 2.45) is 0 Å². The number of hydrogen-bond donors (Lipinski definition) is 1. The summed E-state index contributed by atoms with van der Waals surface area (Å²) in [6, 6.07) is 28.0. The van der Waals surface area contributed by atoms with Gasteiger partial charge in [0.2, 0.25) is 0 Å². The first-order chi connectivity index (χ1) is 13.4. The first-order valence-corrected chi connectivity index (χ1v) is 10.1. The maximum atomic E-state index is 3.36. The zero-order valence-corrected chi connectivity index (χ0v) is 15.9. The molecule has 2 aliphatic rings. The molecule has 0 saturated heterocycles. The number of anilines is 2. The minimum Gasteiger partial charge on any atom is -0.385 e. The Labute approximate surface area is 162 Å². The molecule has 27 heavy (non-hydrogen) atoms. The second kappa shape index (κ2) is 8.77. The summed E-state index contributed by atoms with van der Waals surface area (Å²) in [6.07, 6.45) is 5.01. The van der Waals surface area contributed by atoms with Gasteiger partial charge in [-0.3, -0.25) is 0 Å². The van der Waals surface area contributed by atoms with Crippen molar-refractivity contribution in [3.63, 3.8) is 0 Å². The molecule has 0 fully saturated rings. The van der Waals surface area contributed by atoms with Crippen molar-refractivity contribution >= 4 is 11.4 Å². The van der Waals surface area contributed by atoms with Gasteiger partial charge in [-0.25, -0.2) is 0 Å². The highest BCUT2D eigenvalue weighted by Crippen LogP contribution is 2.27. The number of nitrogens with one attached hydrogen (secondary N) is 1. The number of para-hydroxylation sites is 2. The fraction of sp³-hybridized carbons (Fsp3) is 0.280. The average molecular weight is 357 g/mol. The van der Waals surface area contributed by atoms with Crippen LogP contribution in [0.25, 0.3) is 0 Å². The molecule has 3 aromatic carbocycles. The molecule has 3 aromatic rings. The molecule has 2 heteroatoms. The van der Waals surface area contributed by atoms with Gasteiger partial charge in [-0.1, -0.05) is 66.7 Å². The Balaban J connectivity index is 0.000000153. The van der Waals surface area contributed by atoms with E-state index in [0.29, 0.717) is 0 Å². The highest BCUT2D eigenvalue weighted by Gasteiger charge is 2.15. The van der Waals surface area contributed by atoms with E-state index < -0.39 is 0 Å². The number of benzene rings is 3.